The molecule has 0 bridgehead atoms. The van der Waals surface area contributed by atoms with Gasteiger partial charge in [0, 0.05) is 17.4 Å². The van der Waals surface area contributed by atoms with Crippen LogP contribution in [0.4, 0.5) is 27.8 Å². The second-order valence-corrected chi connectivity index (χ2v) is 10.1. The van der Waals surface area contributed by atoms with Crippen molar-refractivity contribution in [3.05, 3.63) is 52.3 Å². The van der Waals surface area contributed by atoms with E-state index >= 15 is 0 Å². The molecule has 1 aromatic carbocycles. The highest BCUT2D eigenvalue weighted by molar-refractivity contribution is 8.07. The molecule has 2 aliphatic rings. The van der Waals surface area contributed by atoms with Crippen LogP contribution in [-0.2, 0) is 32.2 Å². The van der Waals surface area contributed by atoms with Crippen molar-refractivity contribution in [2.24, 2.45) is 0 Å². The molecule has 180 valence electrons. The molecular weight excluding hydrogens is 500 g/mol. The van der Waals surface area contributed by atoms with Crippen molar-refractivity contribution in [2.75, 3.05) is 12.3 Å². The Morgan fingerprint density at radius 3 is 2.79 bits per heavy atom. The molecule has 0 saturated carbocycles. The first-order chi connectivity index (χ1) is 15.4. The number of benzene rings is 1. The van der Waals surface area contributed by atoms with Crippen LogP contribution in [0.2, 0.25) is 0 Å². The first-order valence-electron chi connectivity index (χ1n) is 9.12. The first-order valence-corrected chi connectivity index (χ1v) is 11.7. The quantitative estimate of drug-likeness (QED) is 0.457. The van der Waals surface area contributed by atoms with E-state index in [1.54, 1.807) is 18.2 Å². The van der Waals surface area contributed by atoms with Crippen LogP contribution in [0.1, 0.15) is 11.8 Å². The van der Waals surface area contributed by atoms with E-state index in [0.717, 1.165) is 0 Å². The van der Waals surface area contributed by atoms with Crippen molar-refractivity contribution in [3.63, 3.8) is 0 Å². The number of aromatic nitrogens is 2. The minimum Gasteiger partial charge on any atom is -0.424 e. The monoisotopic (exact) mass is 515 g/mol. The highest BCUT2D eigenvalue weighted by Gasteiger charge is 2.71. The standard InChI is InChI=1S/C17H15F5N3O6PS/c18-9-5-25(15(27)24-11(9)23)14-17(21,22)12(26)16(30-14,13(19)20)7-29-32(33)28-6-8-3-1-2-4-10(8)31-32/h1-5,12-14,26H,6-7H2,(H2,23,24,27)/t12-,14-,16-,32?/m1/s1. The van der Waals surface area contributed by atoms with Gasteiger partial charge in [-0.3, -0.25) is 13.6 Å². The maximum absolute atomic E-state index is 14.8. The summed E-state index contributed by atoms with van der Waals surface area (Å²) in [5.74, 6) is -6.52. The Hall–Kier alpha value is -2.16. The normalized spacial score (nSPS) is 30.8. The van der Waals surface area contributed by atoms with E-state index in [1.807, 2.05) is 0 Å². The van der Waals surface area contributed by atoms with E-state index in [9.17, 15) is 31.9 Å². The third kappa shape index (κ3) is 4.02. The Labute approximate surface area is 187 Å². The van der Waals surface area contributed by atoms with Gasteiger partial charge in [0.05, 0.1) is 19.4 Å². The summed E-state index contributed by atoms with van der Waals surface area (Å²) in [4.78, 5) is 15.0. The predicted octanol–water partition coefficient (Wildman–Crippen LogP) is 2.34. The highest BCUT2D eigenvalue weighted by atomic mass is 32.5. The molecule has 2 aliphatic heterocycles. The summed E-state index contributed by atoms with van der Waals surface area (Å²) in [6, 6.07) is 6.47. The van der Waals surface area contributed by atoms with Gasteiger partial charge < -0.3 is 20.1 Å². The number of hydrogen-bond acceptors (Lipinski definition) is 9. The van der Waals surface area contributed by atoms with Gasteiger partial charge in [0.15, 0.2) is 23.3 Å². The lowest BCUT2D eigenvalue weighted by Crippen LogP contribution is -2.54. The van der Waals surface area contributed by atoms with E-state index in [2.05, 4.69) is 4.98 Å². The summed E-state index contributed by atoms with van der Waals surface area (Å²) in [6.45, 7) is -5.24. The number of fused-ring (bicyclic) bond motifs is 1. The third-order valence-corrected chi connectivity index (χ3v) is 7.22. The zero-order valence-corrected chi connectivity index (χ0v) is 17.9. The largest absolute Gasteiger partial charge is 0.424 e. The fourth-order valence-corrected chi connectivity index (χ4v) is 5.09. The average molecular weight is 515 g/mol. The van der Waals surface area contributed by atoms with Crippen LogP contribution in [0.3, 0.4) is 0 Å². The van der Waals surface area contributed by atoms with Crippen LogP contribution in [0.25, 0.3) is 0 Å². The van der Waals surface area contributed by atoms with E-state index in [0.29, 0.717) is 5.56 Å². The molecule has 0 aliphatic carbocycles. The van der Waals surface area contributed by atoms with Crippen molar-refractivity contribution >= 4 is 24.3 Å². The van der Waals surface area contributed by atoms with Gasteiger partial charge in [-0.25, -0.2) is 18.0 Å². The Morgan fingerprint density at radius 2 is 2.09 bits per heavy atom. The van der Waals surface area contributed by atoms with Crippen molar-refractivity contribution in [1.82, 2.24) is 9.55 Å². The number of aliphatic hydroxyl groups is 1. The molecule has 0 radical (unpaired) electrons. The number of para-hydroxylation sites is 1. The number of ether oxygens (including phenoxy) is 1. The Balaban J connectivity index is 1.64. The molecule has 16 heteroatoms. The molecule has 1 saturated heterocycles. The molecular formula is C17H15F5N3O6PS. The fourth-order valence-electron chi connectivity index (χ4n) is 3.28. The summed E-state index contributed by atoms with van der Waals surface area (Å²) in [6.07, 6.45) is -9.59. The summed E-state index contributed by atoms with van der Waals surface area (Å²) in [5, 5.41) is 10.2. The van der Waals surface area contributed by atoms with Crippen molar-refractivity contribution in [3.8, 4) is 5.75 Å². The van der Waals surface area contributed by atoms with Crippen molar-refractivity contribution in [1.29, 1.82) is 0 Å². The molecule has 0 spiro atoms. The molecule has 4 rings (SSSR count). The van der Waals surface area contributed by atoms with Crippen LogP contribution in [0, 0.1) is 5.82 Å². The summed E-state index contributed by atoms with van der Waals surface area (Å²) < 4.78 is 92.1. The number of nitrogens with two attached hydrogens (primary N) is 1. The minimum absolute atomic E-state index is 0.0818. The molecule has 1 aromatic heterocycles. The average Bonchev–Trinajstić information content (AvgIpc) is 2.96. The van der Waals surface area contributed by atoms with Gasteiger partial charge in [-0.2, -0.15) is 13.8 Å². The van der Waals surface area contributed by atoms with Crippen LogP contribution < -0.4 is 15.9 Å². The zero-order chi connectivity index (χ0) is 24.2. The molecule has 9 nitrogen and oxygen atoms in total. The van der Waals surface area contributed by atoms with Crippen LogP contribution in [-0.4, -0.2) is 45.3 Å². The lowest BCUT2D eigenvalue weighted by molar-refractivity contribution is -0.193. The Bertz CT molecular complexity index is 1190. The van der Waals surface area contributed by atoms with E-state index in [4.69, 9.17) is 35.8 Å². The first kappa shape index (κ1) is 24.0. The summed E-state index contributed by atoms with van der Waals surface area (Å²) in [5.41, 5.74) is 0.811. The lowest BCUT2D eigenvalue weighted by Gasteiger charge is -2.34. The van der Waals surface area contributed by atoms with Gasteiger partial charge in [0.2, 0.25) is 6.23 Å². The number of halogens is 5. The van der Waals surface area contributed by atoms with Crippen molar-refractivity contribution < 1.29 is 45.4 Å². The molecule has 3 N–H and O–H groups in total. The number of nitrogen functional groups attached to an aromatic ring is 1. The van der Waals surface area contributed by atoms with Gasteiger partial charge in [-0.15, -0.1) is 0 Å². The number of hydrogen-bond donors (Lipinski definition) is 2. The lowest BCUT2D eigenvalue weighted by atomic mass is 9.96. The van der Waals surface area contributed by atoms with Gasteiger partial charge in [0.1, 0.15) is 5.75 Å². The number of alkyl halides is 4. The van der Waals surface area contributed by atoms with Gasteiger partial charge in [-0.1, -0.05) is 18.2 Å². The molecule has 2 aromatic rings. The maximum Gasteiger partial charge on any atom is 0.381 e. The smallest absolute Gasteiger partial charge is 0.381 e. The van der Waals surface area contributed by atoms with Gasteiger partial charge in [0.25, 0.3) is 6.43 Å². The van der Waals surface area contributed by atoms with Gasteiger partial charge in [-0.05, 0) is 6.07 Å². The zero-order valence-electron chi connectivity index (χ0n) is 16.2. The third-order valence-electron chi connectivity index (χ3n) is 5.05. The fraction of sp³-hybridized carbons (Fsp3) is 0.412. The van der Waals surface area contributed by atoms with E-state index in [1.165, 1.54) is 6.07 Å². The second kappa shape index (κ2) is 8.25. The predicted molar refractivity (Wildman–Crippen MR) is 105 cm³/mol. The maximum atomic E-state index is 14.8. The van der Waals surface area contributed by atoms with Crippen LogP contribution in [0.15, 0.2) is 35.3 Å². The van der Waals surface area contributed by atoms with E-state index < -0.39 is 60.9 Å². The molecule has 0 amide bonds. The summed E-state index contributed by atoms with van der Waals surface area (Å²) in [7, 11) is 0. The number of rotatable bonds is 5. The SMILES string of the molecule is Nc1nc(=O)n([C@@H]2O[C@@](COP3(=S)OCc4ccccc4O3)(C(F)F)[C@@H](O)C2(F)F)cc1F. The van der Waals surface area contributed by atoms with Crippen LogP contribution >= 0.6 is 6.72 Å². The second-order valence-electron chi connectivity index (χ2n) is 7.16. The minimum atomic E-state index is -4.50. The molecule has 1 fully saturated rings. The Kier molecular flexibility index (Phi) is 6.00. The number of aliphatic hydroxyl groups excluding tert-OH is 1. The number of anilines is 1. The highest BCUT2D eigenvalue weighted by Crippen LogP contribution is 2.57. The van der Waals surface area contributed by atoms with E-state index in [-0.39, 0.29) is 23.1 Å². The molecule has 3 heterocycles. The number of nitrogens with zero attached hydrogens (tertiary/aromatic N) is 2. The topological polar surface area (TPSA) is 118 Å². The molecule has 33 heavy (non-hydrogen) atoms. The molecule has 4 atom stereocenters. The van der Waals surface area contributed by atoms with Gasteiger partial charge >= 0.3 is 18.3 Å². The Morgan fingerprint density at radius 1 is 1.39 bits per heavy atom. The summed E-state index contributed by atoms with van der Waals surface area (Å²) >= 11 is 5.12. The van der Waals surface area contributed by atoms with Crippen molar-refractivity contribution in [2.45, 2.75) is 36.9 Å². The molecule has 1 unspecified atom stereocenters. The van der Waals surface area contributed by atoms with Crippen LogP contribution in [0.5, 0.6) is 5.75 Å².